The van der Waals surface area contributed by atoms with Crippen molar-refractivity contribution in [3.8, 4) is 6.07 Å². The van der Waals surface area contributed by atoms with Crippen LogP contribution >= 0.6 is 0 Å². The van der Waals surface area contributed by atoms with Crippen LogP contribution in [0.15, 0.2) is 18.2 Å². The molecule has 1 aliphatic carbocycles. The highest BCUT2D eigenvalue weighted by molar-refractivity contribution is 5.33. The quantitative estimate of drug-likeness (QED) is 0.907. The Hall–Kier alpha value is -1.44. The van der Waals surface area contributed by atoms with Gasteiger partial charge in [-0.05, 0) is 43.5 Å². The normalized spacial score (nSPS) is 23.0. The van der Waals surface area contributed by atoms with Crippen molar-refractivity contribution in [3.63, 3.8) is 0 Å². The van der Waals surface area contributed by atoms with E-state index in [2.05, 4.69) is 0 Å². The molecule has 1 fully saturated rings. The number of nitrogens with zero attached hydrogens (tertiary/aromatic N) is 1. The summed E-state index contributed by atoms with van der Waals surface area (Å²) in [5.74, 6) is 0.0510. The molecule has 0 aromatic heterocycles. The third kappa shape index (κ3) is 3.52. The van der Waals surface area contributed by atoms with Crippen molar-refractivity contribution in [1.82, 2.24) is 0 Å². The van der Waals surface area contributed by atoms with Gasteiger partial charge in [-0.25, -0.2) is 4.39 Å². The van der Waals surface area contributed by atoms with Gasteiger partial charge in [0.25, 0.3) is 0 Å². The number of nitrogens with two attached hydrogens (primary N) is 1. The summed E-state index contributed by atoms with van der Waals surface area (Å²) in [5.41, 5.74) is 6.64. The zero-order valence-electron chi connectivity index (χ0n) is 10.9. The Bertz CT molecular complexity index is 470. The summed E-state index contributed by atoms with van der Waals surface area (Å²) < 4.78 is 19.4. The number of nitriles is 1. The summed E-state index contributed by atoms with van der Waals surface area (Å²) in [6, 6.07) is 6.35. The molecule has 102 valence electrons. The summed E-state index contributed by atoms with van der Waals surface area (Å²) in [4.78, 5) is 0. The Kier molecular flexibility index (Phi) is 4.89. The molecule has 0 heterocycles. The third-order valence-corrected chi connectivity index (χ3v) is 3.77. The Morgan fingerprint density at radius 1 is 1.37 bits per heavy atom. The summed E-state index contributed by atoms with van der Waals surface area (Å²) in [5, 5.41) is 8.82. The molecule has 0 saturated heterocycles. The van der Waals surface area contributed by atoms with Crippen LogP contribution in [-0.4, -0.2) is 12.6 Å². The van der Waals surface area contributed by atoms with Gasteiger partial charge in [-0.2, -0.15) is 5.26 Å². The molecule has 2 rings (SSSR count). The van der Waals surface area contributed by atoms with Crippen LogP contribution in [0, 0.1) is 23.1 Å². The maximum Gasteiger partial charge on any atom is 0.128 e. The molecule has 0 amide bonds. The average Bonchev–Trinajstić information content (AvgIpc) is 2.46. The largest absolute Gasteiger partial charge is 0.373 e. The number of halogens is 1. The van der Waals surface area contributed by atoms with Gasteiger partial charge in [0.15, 0.2) is 0 Å². The molecule has 1 aliphatic rings. The van der Waals surface area contributed by atoms with E-state index in [9.17, 15) is 4.39 Å². The standard InChI is InChI=1S/C15H19FN2O/c16-14-6-5-11(8-17)7-13(14)10-19-15-4-2-1-3-12(15)9-18/h5-7,12,15H,1-4,9-10,18H2. The smallest absolute Gasteiger partial charge is 0.128 e. The molecule has 0 bridgehead atoms. The minimum absolute atomic E-state index is 0.115. The van der Waals surface area contributed by atoms with E-state index in [0.717, 1.165) is 19.3 Å². The van der Waals surface area contributed by atoms with Gasteiger partial charge in [0, 0.05) is 5.56 Å². The maximum atomic E-state index is 13.6. The van der Waals surface area contributed by atoms with E-state index >= 15 is 0 Å². The van der Waals surface area contributed by atoms with Gasteiger partial charge in [0.05, 0.1) is 24.3 Å². The second-order valence-electron chi connectivity index (χ2n) is 5.05. The van der Waals surface area contributed by atoms with E-state index < -0.39 is 0 Å². The average molecular weight is 262 g/mol. The molecule has 0 radical (unpaired) electrons. The second kappa shape index (κ2) is 6.65. The SMILES string of the molecule is N#Cc1ccc(F)c(COC2CCCCC2CN)c1. The summed E-state index contributed by atoms with van der Waals surface area (Å²) >= 11 is 0. The lowest BCUT2D eigenvalue weighted by molar-refractivity contribution is -0.0192. The van der Waals surface area contributed by atoms with E-state index in [1.54, 1.807) is 6.07 Å². The molecular weight excluding hydrogens is 243 g/mol. The molecule has 0 aliphatic heterocycles. The summed E-state index contributed by atoms with van der Waals surface area (Å²) in [7, 11) is 0. The van der Waals surface area contributed by atoms with Crippen LogP contribution in [0.5, 0.6) is 0 Å². The molecule has 1 saturated carbocycles. The minimum Gasteiger partial charge on any atom is -0.373 e. The Morgan fingerprint density at radius 3 is 2.89 bits per heavy atom. The zero-order valence-corrected chi connectivity index (χ0v) is 10.9. The van der Waals surface area contributed by atoms with Crippen LogP contribution in [0.25, 0.3) is 0 Å². The molecule has 3 nitrogen and oxygen atoms in total. The molecule has 4 heteroatoms. The minimum atomic E-state index is -0.320. The van der Waals surface area contributed by atoms with Crippen LogP contribution in [0.1, 0.15) is 36.8 Å². The summed E-state index contributed by atoms with van der Waals surface area (Å²) in [6.07, 6.45) is 4.52. The van der Waals surface area contributed by atoms with Crippen LogP contribution in [0.4, 0.5) is 4.39 Å². The van der Waals surface area contributed by atoms with Gasteiger partial charge in [-0.1, -0.05) is 12.8 Å². The van der Waals surface area contributed by atoms with Gasteiger partial charge >= 0.3 is 0 Å². The maximum absolute atomic E-state index is 13.6. The van der Waals surface area contributed by atoms with Gasteiger partial charge in [0.2, 0.25) is 0 Å². The molecule has 2 N–H and O–H groups in total. The van der Waals surface area contributed by atoms with Gasteiger partial charge in [-0.15, -0.1) is 0 Å². The van der Waals surface area contributed by atoms with Crippen molar-refractivity contribution < 1.29 is 9.13 Å². The lowest BCUT2D eigenvalue weighted by Gasteiger charge is -2.30. The Labute approximate surface area is 113 Å². The molecule has 2 unspecified atom stereocenters. The van der Waals surface area contributed by atoms with Crippen molar-refractivity contribution >= 4 is 0 Å². The molecule has 1 aromatic rings. The van der Waals surface area contributed by atoms with Crippen molar-refractivity contribution in [3.05, 3.63) is 35.1 Å². The first-order chi connectivity index (χ1) is 9.24. The first-order valence-electron chi connectivity index (χ1n) is 6.74. The van der Waals surface area contributed by atoms with Crippen molar-refractivity contribution in [2.75, 3.05) is 6.54 Å². The number of ether oxygens (including phenoxy) is 1. The van der Waals surface area contributed by atoms with Crippen LogP contribution in [0.2, 0.25) is 0 Å². The molecular formula is C15H19FN2O. The van der Waals surface area contributed by atoms with Crippen molar-refractivity contribution in [1.29, 1.82) is 5.26 Å². The molecule has 0 spiro atoms. The Morgan fingerprint density at radius 2 is 2.16 bits per heavy atom. The second-order valence-corrected chi connectivity index (χ2v) is 5.05. The van der Waals surface area contributed by atoms with E-state index in [-0.39, 0.29) is 18.5 Å². The highest BCUT2D eigenvalue weighted by Gasteiger charge is 2.24. The highest BCUT2D eigenvalue weighted by atomic mass is 19.1. The lowest BCUT2D eigenvalue weighted by atomic mass is 9.86. The monoisotopic (exact) mass is 262 g/mol. The molecule has 19 heavy (non-hydrogen) atoms. The summed E-state index contributed by atoms with van der Waals surface area (Å²) in [6.45, 7) is 0.827. The van der Waals surface area contributed by atoms with Gasteiger partial charge in [-0.3, -0.25) is 0 Å². The van der Waals surface area contributed by atoms with Crippen LogP contribution < -0.4 is 5.73 Å². The first-order valence-corrected chi connectivity index (χ1v) is 6.74. The Balaban J connectivity index is 1.99. The van der Waals surface area contributed by atoms with Crippen LogP contribution in [0.3, 0.4) is 0 Å². The van der Waals surface area contributed by atoms with E-state index in [0.29, 0.717) is 23.6 Å². The van der Waals surface area contributed by atoms with E-state index in [4.69, 9.17) is 15.7 Å². The van der Waals surface area contributed by atoms with Crippen LogP contribution in [-0.2, 0) is 11.3 Å². The number of rotatable bonds is 4. The predicted molar refractivity (Wildman–Crippen MR) is 70.7 cm³/mol. The molecule has 2 atom stereocenters. The fourth-order valence-corrected chi connectivity index (χ4v) is 2.61. The topological polar surface area (TPSA) is 59.0 Å². The highest BCUT2D eigenvalue weighted by Crippen LogP contribution is 2.27. The van der Waals surface area contributed by atoms with Gasteiger partial charge < -0.3 is 10.5 Å². The number of hydrogen-bond acceptors (Lipinski definition) is 3. The predicted octanol–water partition coefficient (Wildman–Crippen LogP) is 2.73. The lowest BCUT2D eigenvalue weighted by Crippen LogP contribution is -2.33. The van der Waals surface area contributed by atoms with Gasteiger partial charge in [0.1, 0.15) is 5.82 Å². The third-order valence-electron chi connectivity index (χ3n) is 3.77. The fourth-order valence-electron chi connectivity index (χ4n) is 2.61. The number of hydrogen-bond donors (Lipinski definition) is 1. The fraction of sp³-hybridized carbons (Fsp3) is 0.533. The number of benzene rings is 1. The van der Waals surface area contributed by atoms with Crippen molar-refractivity contribution in [2.24, 2.45) is 11.7 Å². The zero-order chi connectivity index (χ0) is 13.7. The van der Waals surface area contributed by atoms with E-state index in [1.165, 1.54) is 18.6 Å². The molecule has 1 aromatic carbocycles. The van der Waals surface area contributed by atoms with Crippen molar-refractivity contribution in [2.45, 2.75) is 38.4 Å². The van der Waals surface area contributed by atoms with E-state index in [1.807, 2.05) is 6.07 Å². The first kappa shape index (κ1) is 14.0.